The molecule has 0 aliphatic rings. The second-order valence-corrected chi connectivity index (χ2v) is 6.27. The third kappa shape index (κ3) is 4.36. The number of rotatable bonds is 7. The molecule has 4 nitrogen and oxygen atoms in total. The van der Waals surface area contributed by atoms with Crippen molar-refractivity contribution in [2.24, 2.45) is 0 Å². The van der Waals surface area contributed by atoms with Crippen molar-refractivity contribution < 1.29 is 9.47 Å². The first-order chi connectivity index (χ1) is 11.6. The number of halogens is 1. The van der Waals surface area contributed by atoms with E-state index in [1.165, 1.54) is 0 Å². The van der Waals surface area contributed by atoms with Gasteiger partial charge in [0.1, 0.15) is 23.3 Å². The van der Waals surface area contributed by atoms with E-state index in [0.29, 0.717) is 5.69 Å². The Morgan fingerprint density at radius 3 is 2.46 bits per heavy atom. The van der Waals surface area contributed by atoms with Crippen LogP contribution in [0.1, 0.15) is 29.2 Å². The Kier molecular flexibility index (Phi) is 6.39. The molecule has 0 radical (unpaired) electrons. The lowest BCUT2D eigenvalue weighted by Gasteiger charge is -2.18. The van der Waals surface area contributed by atoms with E-state index in [4.69, 9.17) is 9.47 Å². The van der Waals surface area contributed by atoms with Crippen LogP contribution in [0.3, 0.4) is 0 Å². The Morgan fingerprint density at radius 1 is 1.25 bits per heavy atom. The Labute approximate surface area is 150 Å². The average molecular weight is 387 g/mol. The molecule has 124 valence electrons. The highest BCUT2D eigenvalue weighted by molar-refractivity contribution is 9.10. The van der Waals surface area contributed by atoms with Crippen LogP contribution in [0.25, 0.3) is 0 Å². The number of pyridine rings is 1. The van der Waals surface area contributed by atoms with E-state index in [1.807, 2.05) is 30.3 Å². The highest BCUT2D eigenvalue weighted by Crippen LogP contribution is 2.31. The molecule has 2 rings (SSSR count). The summed E-state index contributed by atoms with van der Waals surface area (Å²) in [6.45, 7) is 3.85. The van der Waals surface area contributed by atoms with Crippen molar-refractivity contribution in [2.75, 3.05) is 14.2 Å². The molecule has 24 heavy (non-hydrogen) atoms. The Balaban J connectivity index is 2.41. The molecule has 1 aromatic carbocycles. The minimum Gasteiger partial charge on any atom is -0.497 e. The van der Waals surface area contributed by atoms with Crippen LogP contribution in [0.4, 0.5) is 0 Å². The predicted octanol–water partition coefficient (Wildman–Crippen LogP) is 4.64. The predicted molar refractivity (Wildman–Crippen MR) is 97.5 cm³/mol. The fraction of sp³-hybridized carbons (Fsp3) is 0.263. The summed E-state index contributed by atoms with van der Waals surface area (Å²) in [6, 6.07) is 9.94. The van der Waals surface area contributed by atoms with E-state index in [0.717, 1.165) is 39.9 Å². The standard InChI is InChI=1S/C19H19BrN2O2/c1-4-5-14(18-9-15(20)12-22-19(18)11-21)6-13-7-16(23-2)10-17(8-13)24-3/h4,7-10,12,14H,1,5-6H2,2-3H3. The largest absolute Gasteiger partial charge is 0.497 e. The van der Waals surface area contributed by atoms with Crippen LogP contribution in [0.5, 0.6) is 11.5 Å². The van der Waals surface area contributed by atoms with Crippen LogP contribution in [0.15, 0.2) is 47.6 Å². The van der Waals surface area contributed by atoms with E-state index >= 15 is 0 Å². The summed E-state index contributed by atoms with van der Waals surface area (Å²) in [5, 5.41) is 9.36. The maximum atomic E-state index is 9.36. The minimum absolute atomic E-state index is 0.0963. The summed E-state index contributed by atoms with van der Waals surface area (Å²) >= 11 is 3.44. The number of benzene rings is 1. The van der Waals surface area contributed by atoms with Gasteiger partial charge < -0.3 is 9.47 Å². The quantitative estimate of drug-likeness (QED) is 0.650. The van der Waals surface area contributed by atoms with Crippen LogP contribution in [0, 0.1) is 11.3 Å². The zero-order chi connectivity index (χ0) is 17.5. The Morgan fingerprint density at radius 2 is 1.92 bits per heavy atom. The number of nitrogens with zero attached hydrogens (tertiary/aromatic N) is 2. The van der Waals surface area contributed by atoms with E-state index < -0.39 is 0 Å². The van der Waals surface area contributed by atoms with Crippen LogP contribution >= 0.6 is 15.9 Å². The van der Waals surface area contributed by atoms with E-state index in [1.54, 1.807) is 20.4 Å². The molecular weight excluding hydrogens is 368 g/mol. The third-order valence-corrected chi connectivity index (χ3v) is 4.21. The summed E-state index contributed by atoms with van der Waals surface area (Å²) in [4.78, 5) is 4.22. The van der Waals surface area contributed by atoms with Gasteiger partial charge in [-0.15, -0.1) is 6.58 Å². The third-order valence-electron chi connectivity index (χ3n) is 3.77. The summed E-state index contributed by atoms with van der Waals surface area (Å²) in [7, 11) is 3.26. The number of aromatic nitrogens is 1. The number of hydrogen-bond donors (Lipinski definition) is 0. The highest BCUT2D eigenvalue weighted by atomic mass is 79.9. The summed E-state index contributed by atoms with van der Waals surface area (Å²) in [5.74, 6) is 1.59. The Hall–Kier alpha value is -2.32. The lowest BCUT2D eigenvalue weighted by atomic mass is 9.88. The molecule has 0 spiro atoms. The highest BCUT2D eigenvalue weighted by Gasteiger charge is 2.17. The SMILES string of the molecule is C=CCC(Cc1cc(OC)cc(OC)c1)c1cc(Br)cnc1C#N. The molecule has 0 bridgehead atoms. The van der Waals surface area contributed by atoms with Gasteiger partial charge in [0.05, 0.1) is 14.2 Å². The summed E-state index contributed by atoms with van der Waals surface area (Å²) in [5.41, 5.74) is 2.43. The number of nitriles is 1. The first kappa shape index (κ1) is 18.0. The first-order valence-electron chi connectivity index (χ1n) is 7.49. The number of methoxy groups -OCH3 is 2. The number of ether oxygens (including phenoxy) is 2. The second-order valence-electron chi connectivity index (χ2n) is 5.35. The molecule has 0 saturated heterocycles. The van der Waals surface area contributed by atoms with Crippen molar-refractivity contribution in [1.82, 2.24) is 4.98 Å². The molecular formula is C19H19BrN2O2. The normalized spacial score (nSPS) is 11.4. The number of hydrogen-bond acceptors (Lipinski definition) is 4. The van der Waals surface area contributed by atoms with Crippen molar-refractivity contribution in [3.05, 3.63) is 64.4 Å². The van der Waals surface area contributed by atoms with Crippen molar-refractivity contribution >= 4 is 15.9 Å². The minimum atomic E-state index is 0.0963. The molecule has 1 unspecified atom stereocenters. The van der Waals surface area contributed by atoms with Gasteiger partial charge >= 0.3 is 0 Å². The van der Waals surface area contributed by atoms with Crippen LogP contribution in [0.2, 0.25) is 0 Å². The molecule has 5 heteroatoms. The van der Waals surface area contributed by atoms with Crippen LogP contribution in [-0.4, -0.2) is 19.2 Å². The molecule has 2 aromatic rings. The van der Waals surface area contributed by atoms with Gasteiger partial charge in [0.2, 0.25) is 0 Å². The lowest BCUT2D eigenvalue weighted by molar-refractivity contribution is 0.393. The van der Waals surface area contributed by atoms with Gasteiger partial charge in [-0.2, -0.15) is 5.26 Å². The van der Waals surface area contributed by atoms with Crippen LogP contribution < -0.4 is 9.47 Å². The Bertz CT molecular complexity index is 746. The van der Waals surface area contributed by atoms with Gasteiger partial charge in [0, 0.05) is 16.7 Å². The second kappa shape index (κ2) is 8.51. The average Bonchev–Trinajstić information content (AvgIpc) is 2.60. The summed E-state index contributed by atoms with van der Waals surface area (Å²) < 4.78 is 11.5. The molecule has 1 heterocycles. The maximum Gasteiger partial charge on any atom is 0.144 e. The van der Waals surface area contributed by atoms with E-state index in [9.17, 15) is 5.26 Å². The number of allylic oxidation sites excluding steroid dienone is 1. The fourth-order valence-corrected chi connectivity index (χ4v) is 3.00. The molecule has 1 atom stereocenters. The molecule has 0 fully saturated rings. The molecule has 0 N–H and O–H groups in total. The molecule has 0 aliphatic carbocycles. The fourth-order valence-electron chi connectivity index (χ4n) is 2.65. The smallest absolute Gasteiger partial charge is 0.144 e. The van der Waals surface area contributed by atoms with Gasteiger partial charge in [-0.3, -0.25) is 0 Å². The van der Waals surface area contributed by atoms with Gasteiger partial charge in [-0.05, 0) is 64.0 Å². The lowest BCUT2D eigenvalue weighted by Crippen LogP contribution is -2.06. The van der Waals surface area contributed by atoms with Crippen LogP contribution in [-0.2, 0) is 6.42 Å². The van der Waals surface area contributed by atoms with Gasteiger partial charge in [0.25, 0.3) is 0 Å². The first-order valence-corrected chi connectivity index (χ1v) is 8.29. The topological polar surface area (TPSA) is 55.1 Å². The molecule has 0 amide bonds. The molecule has 0 aliphatic heterocycles. The van der Waals surface area contributed by atoms with Crippen molar-refractivity contribution in [1.29, 1.82) is 5.26 Å². The van der Waals surface area contributed by atoms with E-state index in [-0.39, 0.29) is 5.92 Å². The van der Waals surface area contributed by atoms with Gasteiger partial charge in [-0.25, -0.2) is 4.98 Å². The van der Waals surface area contributed by atoms with Crippen molar-refractivity contribution in [3.8, 4) is 17.6 Å². The zero-order valence-corrected chi connectivity index (χ0v) is 15.3. The summed E-state index contributed by atoms with van der Waals surface area (Å²) in [6.07, 6.45) is 4.98. The van der Waals surface area contributed by atoms with E-state index in [2.05, 4.69) is 33.6 Å². The van der Waals surface area contributed by atoms with Gasteiger partial charge in [0.15, 0.2) is 0 Å². The molecule has 0 saturated carbocycles. The van der Waals surface area contributed by atoms with Gasteiger partial charge in [-0.1, -0.05) is 6.08 Å². The van der Waals surface area contributed by atoms with Crippen molar-refractivity contribution in [2.45, 2.75) is 18.8 Å². The maximum absolute atomic E-state index is 9.36. The monoisotopic (exact) mass is 386 g/mol. The van der Waals surface area contributed by atoms with Crippen molar-refractivity contribution in [3.63, 3.8) is 0 Å². The zero-order valence-electron chi connectivity index (χ0n) is 13.8. The molecule has 1 aromatic heterocycles.